The van der Waals surface area contributed by atoms with Crippen LogP contribution in [0.25, 0.3) is 0 Å². The van der Waals surface area contributed by atoms with Crippen LogP contribution in [0.15, 0.2) is 0 Å². The minimum atomic E-state index is -0.0971. The third kappa shape index (κ3) is 3.98. The number of hydrogen-bond donors (Lipinski definition) is 1. The minimum absolute atomic E-state index is 0.0520. The highest BCUT2D eigenvalue weighted by Crippen LogP contribution is 2.36. The van der Waals surface area contributed by atoms with Crippen LogP contribution in [0.5, 0.6) is 0 Å². The summed E-state index contributed by atoms with van der Waals surface area (Å²) in [5.41, 5.74) is 0. The van der Waals surface area contributed by atoms with E-state index in [9.17, 15) is 4.79 Å². The van der Waals surface area contributed by atoms with Gasteiger partial charge < -0.3 is 15.0 Å². The highest BCUT2D eigenvalue weighted by molar-refractivity contribution is 5.75. The maximum absolute atomic E-state index is 12.1. The molecule has 3 rings (SSSR count). The van der Waals surface area contributed by atoms with Crippen LogP contribution < -0.4 is 5.32 Å². The van der Waals surface area contributed by atoms with E-state index in [2.05, 4.69) is 10.2 Å². The molecule has 120 valence electrons. The first kappa shape index (κ1) is 15.3. The molecule has 0 spiro atoms. The number of fused-ring (bicyclic) bond motifs is 1. The van der Waals surface area contributed by atoms with Gasteiger partial charge in [-0.05, 0) is 57.9 Å². The number of likely N-dealkylation sites (tertiary alicyclic amines) is 1. The molecule has 1 saturated heterocycles. The molecule has 0 radical (unpaired) electrons. The Morgan fingerprint density at radius 2 is 2.05 bits per heavy atom. The third-order valence-corrected chi connectivity index (χ3v) is 5.42. The van der Waals surface area contributed by atoms with Crippen molar-refractivity contribution >= 4 is 5.97 Å². The lowest BCUT2D eigenvalue weighted by Gasteiger charge is -2.32. The summed E-state index contributed by atoms with van der Waals surface area (Å²) in [6.45, 7) is 4.65. The summed E-state index contributed by atoms with van der Waals surface area (Å²) in [5, 5.41) is 3.47. The van der Waals surface area contributed by atoms with Crippen LogP contribution in [0.4, 0.5) is 0 Å². The van der Waals surface area contributed by atoms with Crippen LogP contribution in [0.3, 0.4) is 0 Å². The predicted molar refractivity (Wildman–Crippen MR) is 83.1 cm³/mol. The fraction of sp³-hybridized carbons (Fsp3) is 0.941. The van der Waals surface area contributed by atoms with Gasteiger partial charge in [0, 0.05) is 18.6 Å². The number of carbonyl (C=O) groups is 1. The number of nitrogens with zero attached hydrogens (tertiary/aromatic N) is 1. The quantitative estimate of drug-likeness (QED) is 0.732. The van der Waals surface area contributed by atoms with Crippen molar-refractivity contribution in [3.8, 4) is 0 Å². The molecule has 1 heterocycles. The monoisotopic (exact) mass is 294 g/mol. The molecule has 1 aliphatic heterocycles. The second kappa shape index (κ2) is 7.10. The highest BCUT2D eigenvalue weighted by atomic mass is 16.5. The number of nitrogens with one attached hydrogen (secondary N) is 1. The van der Waals surface area contributed by atoms with E-state index >= 15 is 0 Å². The second-order valence-electron chi connectivity index (χ2n) is 6.97. The van der Waals surface area contributed by atoms with E-state index in [1.807, 2.05) is 6.92 Å². The largest absolute Gasteiger partial charge is 0.465 e. The van der Waals surface area contributed by atoms with Crippen molar-refractivity contribution in [3.05, 3.63) is 0 Å². The van der Waals surface area contributed by atoms with Crippen molar-refractivity contribution in [2.24, 2.45) is 5.92 Å². The van der Waals surface area contributed by atoms with Gasteiger partial charge in [-0.1, -0.05) is 12.8 Å². The zero-order valence-electron chi connectivity index (χ0n) is 13.4. The van der Waals surface area contributed by atoms with Gasteiger partial charge in [0.05, 0.1) is 6.61 Å². The van der Waals surface area contributed by atoms with E-state index in [-0.39, 0.29) is 12.0 Å². The maximum Gasteiger partial charge on any atom is 0.323 e. The maximum atomic E-state index is 12.1. The van der Waals surface area contributed by atoms with Crippen molar-refractivity contribution in [1.29, 1.82) is 0 Å². The summed E-state index contributed by atoms with van der Waals surface area (Å²) in [7, 11) is 0. The molecule has 0 bridgehead atoms. The summed E-state index contributed by atoms with van der Waals surface area (Å²) in [5.74, 6) is 0.875. The van der Waals surface area contributed by atoms with Crippen LogP contribution in [0, 0.1) is 5.92 Å². The van der Waals surface area contributed by atoms with Crippen LogP contribution in [0.2, 0.25) is 0 Å². The van der Waals surface area contributed by atoms with Crippen molar-refractivity contribution in [2.45, 2.75) is 76.4 Å². The molecule has 4 nitrogen and oxygen atoms in total. The van der Waals surface area contributed by atoms with Crippen LogP contribution in [-0.2, 0) is 9.53 Å². The number of hydrogen-bond acceptors (Lipinski definition) is 4. The summed E-state index contributed by atoms with van der Waals surface area (Å²) < 4.78 is 5.23. The Hall–Kier alpha value is -0.610. The molecular formula is C17H30N2O2. The van der Waals surface area contributed by atoms with Gasteiger partial charge >= 0.3 is 5.97 Å². The first-order chi connectivity index (χ1) is 10.3. The Morgan fingerprint density at radius 1 is 1.24 bits per heavy atom. The predicted octanol–water partition coefficient (Wildman–Crippen LogP) is 2.32. The molecule has 0 amide bonds. The average Bonchev–Trinajstić information content (AvgIpc) is 3.22. The van der Waals surface area contributed by atoms with E-state index in [0.717, 1.165) is 24.9 Å². The van der Waals surface area contributed by atoms with E-state index in [0.29, 0.717) is 12.6 Å². The first-order valence-corrected chi connectivity index (χ1v) is 8.94. The molecule has 2 saturated carbocycles. The van der Waals surface area contributed by atoms with Gasteiger partial charge in [0.1, 0.15) is 6.04 Å². The van der Waals surface area contributed by atoms with Crippen molar-refractivity contribution in [2.75, 3.05) is 19.7 Å². The molecule has 3 unspecified atom stereocenters. The molecule has 21 heavy (non-hydrogen) atoms. The highest BCUT2D eigenvalue weighted by Gasteiger charge is 2.36. The van der Waals surface area contributed by atoms with Crippen LogP contribution >= 0.6 is 0 Å². The molecule has 0 aromatic carbocycles. The normalized spacial score (nSPS) is 30.9. The number of esters is 1. The Bertz CT molecular complexity index is 357. The van der Waals surface area contributed by atoms with E-state index in [1.54, 1.807) is 0 Å². The van der Waals surface area contributed by atoms with Gasteiger partial charge in [0.15, 0.2) is 0 Å². The molecule has 3 fully saturated rings. The molecule has 3 aliphatic rings. The van der Waals surface area contributed by atoms with Crippen molar-refractivity contribution < 1.29 is 9.53 Å². The van der Waals surface area contributed by atoms with Gasteiger partial charge in [-0.15, -0.1) is 0 Å². The summed E-state index contributed by atoms with van der Waals surface area (Å²) in [6, 6.07) is 1.25. The Kier molecular flexibility index (Phi) is 5.17. The number of carbonyl (C=O) groups excluding carboxylic acids is 1. The molecule has 2 aliphatic carbocycles. The van der Waals surface area contributed by atoms with Gasteiger partial charge in [-0.2, -0.15) is 0 Å². The Morgan fingerprint density at radius 3 is 2.81 bits per heavy atom. The van der Waals surface area contributed by atoms with E-state index in [1.165, 1.54) is 51.5 Å². The minimum Gasteiger partial charge on any atom is -0.465 e. The molecular weight excluding hydrogens is 264 g/mol. The van der Waals surface area contributed by atoms with Gasteiger partial charge in [-0.3, -0.25) is 4.79 Å². The average molecular weight is 294 g/mol. The first-order valence-electron chi connectivity index (χ1n) is 8.94. The molecule has 0 aromatic rings. The molecule has 3 atom stereocenters. The molecule has 4 heteroatoms. The Labute approximate surface area is 128 Å². The van der Waals surface area contributed by atoms with Crippen LogP contribution in [-0.4, -0.2) is 48.7 Å². The zero-order chi connectivity index (χ0) is 14.7. The molecule has 1 N–H and O–H groups in total. The number of rotatable bonds is 7. The fourth-order valence-electron chi connectivity index (χ4n) is 4.12. The zero-order valence-corrected chi connectivity index (χ0v) is 13.4. The van der Waals surface area contributed by atoms with Gasteiger partial charge in [0.2, 0.25) is 0 Å². The van der Waals surface area contributed by atoms with Crippen molar-refractivity contribution in [3.63, 3.8) is 0 Å². The van der Waals surface area contributed by atoms with Gasteiger partial charge in [-0.25, -0.2) is 0 Å². The topological polar surface area (TPSA) is 41.6 Å². The lowest BCUT2D eigenvalue weighted by molar-refractivity contribution is -0.146. The van der Waals surface area contributed by atoms with Crippen molar-refractivity contribution in [1.82, 2.24) is 10.2 Å². The summed E-state index contributed by atoms with van der Waals surface area (Å²) >= 11 is 0. The smallest absolute Gasteiger partial charge is 0.323 e. The van der Waals surface area contributed by atoms with E-state index < -0.39 is 0 Å². The lowest BCUT2D eigenvalue weighted by Crippen LogP contribution is -2.43. The van der Waals surface area contributed by atoms with Crippen LogP contribution in [0.1, 0.15) is 58.3 Å². The fourth-order valence-corrected chi connectivity index (χ4v) is 4.12. The SMILES string of the molecule is CCOC(=O)C(CCN1CCC2CCCCC21)NC1CC1. The second-order valence-corrected chi connectivity index (χ2v) is 6.97. The standard InChI is InChI=1S/C17H30N2O2/c1-2-21-17(20)15(18-14-7-8-14)10-12-19-11-9-13-5-3-4-6-16(13)19/h13-16,18H,2-12H2,1H3. The molecule has 0 aromatic heterocycles. The summed E-state index contributed by atoms with van der Waals surface area (Å²) in [6.07, 6.45) is 10.3. The number of ether oxygens (including phenoxy) is 1. The van der Waals surface area contributed by atoms with Gasteiger partial charge in [0.25, 0.3) is 0 Å². The third-order valence-electron chi connectivity index (χ3n) is 5.42. The Balaban J connectivity index is 1.49. The summed E-state index contributed by atoms with van der Waals surface area (Å²) in [4.78, 5) is 14.7. The lowest BCUT2D eigenvalue weighted by atomic mass is 9.85. The van der Waals surface area contributed by atoms with E-state index in [4.69, 9.17) is 4.74 Å².